The molecule has 6 heteroatoms. The number of benzene rings is 1. The van der Waals surface area contributed by atoms with Gasteiger partial charge in [0.05, 0.1) is 16.1 Å². The van der Waals surface area contributed by atoms with Crippen LogP contribution in [-0.2, 0) is 6.18 Å². The summed E-state index contributed by atoms with van der Waals surface area (Å²) < 4.78 is 37.9. The average Bonchev–Trinajstić information content (AvgIpc) is 2.14. The van der Waals surface area contributed by atoms with E-state index in [-0.39, 0.29) is 5.56 Å². The summed E-state index contributed by atoms with van der Waals surface area (Å²) in [5, 5.41) is 7.82. The van der Waals surface area contributed by atoms with Gasteiger partial charge in [-0.15, -0.1) is 0 Å². The Hall–Kier alpha value is -1.54. The van der Waals surface area contributed by atoms with E-state index >= 15 is 0 Å². The molecule has 0 radical (unpaired) electrons. The topological polar surface area (TPSA) is 40.9 Å². The molecule has 2 nitrogen and oxygen atoms in total. The molecule has 0 spiro atoms. The van der Waals surface area contributed by atoms with Crippen molar-refractivity contribution < 1.29 is 18.0 Å². The highest BCUT2D eigenvalue weighted by Crippen LogP contribution is 2.38. The summed E-state index contributed by atoms with van der Waals surface area (Å²) >= 11 is 5.45. The van der Waals surface area contributed by atoms with Crippen LogP contribution in [-0.4, -0.2) is 5.78 Å². The van der Waals surface area contributed by atoms with Crippen LogP contribution in [0.1, 0.15) is 28.4 Å². The van der Waals surface area contributed by atoms with E-state index in [1.165, 1.54) is 6.07 Å². The van der Waals surface area contributed by atoms with Crippen LogP contribution in [0.3, 0.4) is 0 Å². The summed E-state index contributed by atoms with van der Waals surface area (Å²) in [6.45, 7) is 1.01. The highest BCUT2D eigenvalue weighted by Gasteiger charge is 2.38. The monoisotopic (exact) mass is 247 g/mol. The Bertz CT molecular complexity index is 488. The van der Waals surface area contributed by atoms with Gasteiger partial charge in [-0.2, -0.15) is 18.4 Å². The standard InChI is InChI=1S/C10H5ClF3NO/c1-5(16)7-3-2-6(4-15)9(11)8(7)10(12,13)14/h2-3H,1H3. The molecule has 0 amide bonds. The van der Waals surface area contributed by atoms with Gasteiger partial charge in [0.1, 0.15) is 6.07 Å². The quantitative estimate of drug-likeness (QED) is 0.714. The fourth-order valence-corrected chi connectivity index (χ4v) is 1.55. The van der Waals surface area contributed by atoms with Crippen molar-refractivity contribution in [1.82, 2.24) is 0 Å². The summed E-state index contributed by atoms with van der Waals surface area (Å²) in [5.74, 6) is -0.751. The highest BCUT2D eigenvalue weighted by atomic mass is 35.5. The highest BCUT2D eigenvalue weighted by molar-refractivity contribution is 6.33. The number of nitriles is 1. The van der Waals surface area contributed by atoms with Gasteiger partial charge >= 0.3 is 6.18 Å². The third-order valence-corrected chi connectivity index (χ3v) is 2.32. The number of hydrogen-bond donors (Lipinski definition) is 0. The van der Waals surface area contributed by atoms with Crippen LogP contribution < -0.4 is 0 Å². The Balaban J connectivity index is 3.64. The molecular weight excluding hydrogens is 243 g/mol. The number of carbonyl (C=O) groups is 1. The number of hydrogen-bond acceptors (Lipinski definition) is 2. The third kappa shape index (κ3) is 2.17. The SMILES string of the molecule is CC(=O)c1ccc(C#N)c(Cl)c1C(F)(F)F. The van der Waals surface area contributed by atoms with Crippen molar-refractivity contribution in [2.45, 2.75) is 13.1 Å². The van der Waals surface area contributed by atoms with Crippen molar-refractivity contribution in [3.8, 4) is 6.07 Å². The van der Waals surface area contributed by atoms with Gasteiger partial charge in [0.2, 0.25) is 0 Å². The fourth-order valence-electron chi connectivity index (χ4n) is 1.23. The number of alkyl halides is 3. The lowest BCUT2D eigenvalue weighted by molar-refractivity contribution is -0.137. The first kappa shape index (κ1) is 12.5. The smallest absolute Gasteiger partial charge is 0.294 e. The molecule has 0 unspecified atom stereocenters. The van der Waals surface area contributed by atoms with Crippen LogP contribution in [0.25, 0.3) is 0 Å². The van der Waals surface area contributed by atoms with Crippen molar-refractivity contribution in [2.24, 2.45) is 0 Å². The van der Waals surface area contributed by atoms with Crippen molar-refractivity contribution >= 4 is 17.4 Å². The Morgan fingerprint density at radius 2 is 2.00 bits per heavy atom. The van der Waals surface area contributed by atoms with E-state index in [4.69, 9.17) is 16.9 Å². The van der Waals surface area contributed by atoms with Gasteiger partial charge < -0.3 is 0 Å². The van der Waals surface area contributed by atoms with Crippen LogP contribution in [0.15, 0.2) is 12.1 Å². The van der Waals surface area contributed by atoms with E-state index in [1.54, 1.807) is 0 Å². The summed E-state index contributed by atoms with van der Waals surface area (Å²) in [6.07, 6.45) is -4.76. The predicted molar refractivity (Wildman–Crippen MR) is 51.2 cm³/mol. The number of nitrogens with zero attached hydrogens (tertiary/aromatic N) is 1. The average molecular weight is 248 g/mol. The Labute approximate surface area is 94.2 Å². The number of Topliss-reactive ketones (excluding diaryl/α,β-unsaturated/α-hetero) is 1. The van der Waals surface area contributed by atoms with Gasteiger partial charge in [-0.1, -0.05) is 11.6 Å². The maximum Gasteiger partial charge on any atom is 0.418 e. The molecule has 0 fully saturated rings. The molecule has 0 aliphatic heterocycles. The number of carbonyl (C=O) groups excluding carboxylic acids is 1. The van der Waals surface area contributed by atoms with Gasteiger partial charge in [-0.3, -0.25) is 4.79 Å². The maximum atomic E-state index is 12.6. The van der Waals surface area contributed by atoms with Crippen molar-refractivity contribution in [3.05, 3.63) is 33.8 Å². The van der Waals surface area contributed by atoms with Crippen LogP contribution in [0.2, 0.25) is 5.02 Å². The second kappa shape index (κ2) is 4.14. The van der Waals surface area contributed by atoms with Gasteiger partial charge in [0, 0.05) is 5.56 Å². The fraction of sp³-hybridized carbons (Fsp3) is 0.200. The molecule has 1 rings (SSSR count). The zero-order chi connectivity index (χ0) is 12.5. The Kier molecular flexibility index (Phi) is 3.24. The Morgan fingerprint density at radius 3 is 2.38 bits per heavy atom. The van der Waals surface area contributed by atoms with Crippen LogP contribution >= 0.6 is 11.6 Å². The molecule has 0 N–H and O–H groups in total. The van der Waals surface area contributed by atoms with E-state index in [0.29, 0.717) is 0 Å². The summed E-state index contributed by atoms with van der Waals surface area (Å²) in [5.41, 5.74) is -2.09. The second-order valence-corrected chi connectivity index (χ2v) is 3.39. The van der Waals surface area contributed by atoms with Gasteiger partial charge in [-0.25, -0.2) is 0 Å². The lowest BCUT2D eigenvalue weighted by Gasteiger charge is -2.13. The molecule has 0 aromatic heterocycles. The largest absolute Gasteiger partial charge is 0.418 e. The van der Waals surface area contributed by atoms with E-state index < -0.39 is 28.1 Å². The van der Waals surface area contributed by atoms with E-state index in [0.717, 1.165) is 19.1 Å². The van der Waals surface area contributed by atoms with Crippen LogP contribution in [0.5, 0.6) is 0 Å². The lowest BCUT2D eigenvalue weighted by atomic mass is 10.0. The molecular formula is C10H5ClF3NO. The molecule has 1 aromatic carbocycles. The first-order valence-corrected chi connectivity index (χ1v) is 4.47. The second-order valence-electron chi connectivity index (χ2n) is 3.02. The minimum atomic E-state index is -4.76. The van der Waals surface area contributed by atoms with E-state index in [1.807, 2.05) is 0 Å². The zero-order valence-corrected chi connectivity index (χ0v) is 8.78. The third-order valence-electron chi connectivity index (χ3n) is 1.93. The molecule has 0 bridgehead atoms. The molecule has 16 heavy (non-hydrogen) atoms. The lowest BCUT2D eigenvalue weighted by Crippen LogP contribution is -2.13. The molecule has 0 aliphatic rings. The van der Waals surface area contributed by atoms with Crippen LogP contribution in [0, 0.1) is 11.3 Å². The molecule has 0 heterocycles. The molecule has 0 aliphatic carbocycles. The van der Waals surface area contributed by atoms with E-state index in [9.17, 15) is 18.0 Å². The number of halogens is 4. The maximum absolute atomic E-state index is 12.6. The normalized spacial score (nSPS) is 11.0. The minimum absolute atomic E-state index is 0.306. The minimum Gasteiger partial charge on any atom is -0.294 e. The van der Waals surface area contributed by atoms with Crippen molar-refractivity contribution in [3.63, 3.8) is 0 Å². The summed E-state index contributed by atoms with van der Waals surface area (Å²) in [7, 11) is 0. The first-order chi connectivity index (χ1) is 7.29. The van der Waals surface area contributed by atoms with Gasteiger partial charge in [0.25, 0.3) is 0 Å². The number of ketones is 1. The first-order valence-electron chi connectivity index (χ1n) is 4.09. The molecule has 1 aromatic rings. The van der Waals surface area contributed by atoms with E-state index in [2.05, 4.69) is 0 Å². The van der Waals surface area contributed by atoms with Gasteiger partial charge in [-0.05, 0) is 19.1 Å². The van der Waals surface area contributed by atoms with Crippen LogP contribution in [0.4, 0.5) is 13.2 Å². The zero-order valence-electron chi connectivity index (χ0n) is 8.02. The molecule has 84 valence electrons. The number of rotatable bonds is 1. The summed E-state index contributed by atoms with van der Waals surface area (Å²) in [6, 6.07) is 3.58. The van der Waals surface area contributed by atoms with Gasteiger partial charge in [0.15, 0.2) is 5.78 Å². The molecule has 0 saturated carbocycles. The van der Waals surface area contributed by atoms with Crippen molar-refractivity contribution in [2.75, 3.05) is 0 Å². The molecule has 0 saturated heterocycles. The Morgan fingerprint density at radius 1 is 1.44 bits per heavy atom. The predicted octanol–water partition coefficient (Wildman–Crippen LogP) is 3.43. The summed E-state index contributed by atoms with van der Waals surface area (Å²) in [4.78, 5) is 11.0. The molecule has 0 atom stereocenters. The van der Waals surface area contributed by atoms with Crippen molar-refractivity contribution in [1.29, 1.82) is 5.26 Å².